The van der Waals surface area contributed by atoms with Crippen LogP contribution in [0.15, 0.2) is 11.8 Å². The molecule has 39 heavy (non-hydrogen) atoms. The Balaban J connectivity index is 0.000000686. The van der Waals surface area contributed by atoms with Crippen molar-refractivity contribution >= 4 is 11.7 Å². The summed E-state index contributed by atoms with van der Waals surface area (Å²) >= 11 is 0. The first kappa shape index (κ1) is 34.1. The average Bonchev–Trinajstić information content (AvgIpc) is 3.26. The molecule has 4 aliphatic rings. The van der Waals surface area contributed by atoms with E-state index in [0.29, 0.717) is 23.7 Å². The number of likely N-dealkylation sites (tertiary alicyclic amines) is 1. The summed E-state index contributed by atoms with van der Waals surface area (Å²) in [6.07, 6.45) is 17.5. The maximum absolute atomic E-state index is 12.6. The smallest absolute Gasteiger partial charge is 0.226 e. The Morgan fingerprint density at radius 3 is 2.23 bits per heavy atom. The number of amides is 1. The number of hydrogen-bond donors (Lipinski definition) is 0. The molecule has 0 aromatic carbocycles. The number of Topliss-reactive ketones (excluding diaryl/α,β-unsaturated/α-hetero) is 1. The SMILES string of the molecule is CC.CCC(C)=O.CCCC1C=C2N(C)C(=O)CC[C@]2(C)C2CC[C@]3(C)C(C(C)CCCC(C)C)CCC3C12. The summed E-state index contributed by atoms with van der Waals surface area (Å²) in [7, 11) is 2.05. The van der Waals surface area contributed by atoms with Crippen LogP contribution in [0.3, 0.4) is 0 Å². The molecule has 0 bridgehead atoms. The molecule has 0 aromatic rings. The number of allylic oxidation sites excluding steroid dienone is 2. The van der Waals surface area contributed by atoms with E-state index < -0.39 is 0 Å². The van der Waals surface area contributed by atoms with E-state index in [0.717, 1.165) is 48.3 Å². The molecular formula is C36H65NO2. The normalized spacial score (nSPS) is 35.9. The number of nitrogens with zero attached hydrogens (tertiary/aromatic N) is 1. The Labute approximate surface area is 243 Å². The van der Waals surface area contributed by atoms with Crippen LogP contribution in [-0.2, 0) is 9.59 Å². The summed E-state index contributed by atoms with van der Waals surface area (Å²) in [6.45, 7) is 22.3. The van der Waals surface area contributed by atoms with Crippen LogP contribution in [0.5, 0.6) is 0 Å². The Hall–Kier alpha value is -1.12. The van der Waals surface area contributed by atoms with Crippen LogP contribution in [0.2, 0.25) is 0 Å². The van der Waals surface area contributed by atoms with Gasteiger partial charge >= 0.3 is 0 Å². The van der Waals surface area contributed by atoms with Gasteiger partial charge in [-0.2, -0.15) is 0 Å². The van der Waals surface area contributed by atoms with Crippen molar-refractivity contribution in [1.82, 2.24) is 4.90 Å². The van der Waals surface area contributed by atoms with Crippen molar-refractivity contribution in [3.8, 4) is 0 Å². The zero-order valence-electron chi connectivity index (χ0n) is 27.9. The van der Waals surface area contributed by atoms with Gasteiger partial charge < -0.3 is 9.69 Å². The van der Waals surface area contributed by atoms with Gasteiger partial charge in [-0.25, -0.2) is 0 Å². The van der Waals surface area contributed by atoms with Crippen molar-refractivity contribution in [2.75, 3.05) is 7.05 Å². The molecule has 4 rings (SSSR count). The van der Waals surface area contributed by atoms with Gasteiger partial charge in [-0.3, -0.25) is 4.79 Å². The summed E-state index contributed by atoms with van der Waals surface area (Å²) in [4.78, 5) is 24.4. The van der Waals surface area contributed by atoms with E-state index in [-0.39, 0.29) is 11.2 Å². The minimum atomic E-state index is 0.208. The molecule has 1 heterocycles. The van der Waals surface area contributed by atoms with Gasteiger partial charge in [-0.15, -0.1) is 0 Å². The van der Waals surface area contributed by atoms with Crippen LogP contribution in [0.4, 0.5) is 0 Å². The highest BCUT2D eigenvalue weighted by atomic mass is 16.2. The second-order valence-corrected chi connectivity index (χ2v) is 14.3. The van der Waals surface area contributed by atoms with Gasteiger partial charge in [0.15, 0.2) is 0 Å². The van der Waals surface area contributed by atoms with E-state index >= 15 is 0 Å². The van der Waals surface area contributed by atoms with Crippen molar-refractivity contribution < 1.29 is 9.59 Å². The van der Waals surface area contributed by atoms with Crippen molar-refractivity contribution in [3.63, 3.8) is 0 Å². The van der Waals surface area contributed by atoms with Gasteiger partial charge in [-0.05, 0) is 92.3 Å². The second-order valence-electron chi connectivity index (χ2n) is 14.3. The Kier molecular flexibility index (Phi) is 12.8. The van der Waals surface area contributed by atoms with Crippen molar-refractivity contribution in [1.29, 1.82) is 0 Å². The van der Waals surface area contributed by atoms with Crippen LogP contribution in [-0.4, -0.2) is 23.6 Å². The fraction of sp³-hybridized carbons (Fsp3) is 0.889. The molecule has 1 aliphatic heterocycles. The van der Waals surface area contributed by atoms with Crippen molar-refractivity contribution in [3.05, 3.63) is 11.8 Å². The summed E-state index contributed by atoms with van der Waals surface area (Å²) in [5, 5.41) is 0. The number of rotatable bonds is 8. The number of carbonyl (C=O) groups excluding carboxylic acids is 2. The molecule has 2 saturated carbocycles. The first-order valence-corrected chi connectivity index (χ1v) is 16.9. The molecule has 0 radical (unpaired) electrons. The first-order chi connectivity index (χ1) is 18.4. The summed E-state index contributed by atoms with van der Waals surface area (Å²) in [5.74, 6) is 6.35. The highest BCUT2D eigenvalue weighted by Crippen LogP contribution is 2.68. The van der Waals surface area contributed by atoms with Gasteiger partial charge in [0.25, 0.3) is 0 Å². The monoisotopic (exact) mass is 544 g/mol. The van der Waals surface area contributed by atoms with Crippen molar-refractivity contribution in [2.24, 2.45) is 52.3 Å². The third-order valence-corrected chi connectivity index (χ3v) is 11.5. The average molecular weight is 544 g/mol. The summed E-state index contributed by atoms with van der Waals surface area (Å²) in [6, 6.07) is 0. The third kappa shape index (κ3) is 7.21. The largest absolute Gasteiger partial charge is 0.319 e. The fourth-order valence-corrected chi connectivity index (χ4v) is 9.34. The van der Waals surface area contributed by atoms with E-state index in [2.05, 4.69) is 47.6 Å². The topological polar surface area (TPSA) is 37.4 Å². The lowest BCUT2D eigenvalue weighted by molar-refractivity contribution is -0.137. The molecular weight excluding hydrogens is 478 g/mol. The number of hydrogen-bond acceptors (Lipinski definition) is 2. The van der Waals surface area contributed by atoms with E-state index in [4.69, 9.17) is 0 Å². The van der Waals surface area contributed by atoms with Crippen LogP contribution < -0.4 is 0 Å². The second kappa shape index (κ2) is 14.7. The predicted octanol–water partition coefficient (Wildman–Crippen LogP) is 10.1. The van der Waals surface area contributed by atoms with E-state index in [1.54, 1.807) is 6.92 Å². The van der Waals surface area contributed by atoms with Gasteiger partial charge in [0.1, 0.15) is 5.78 Å². The zero-order valence-corrected chi connectivity index (χ0v) is 27.9. The Morgan fingerprint density at radius 1 is 1.03 bits per heavy atom. The van der Waals surface area contributed by atoms with E-state index in [9.17, 15) is 9.59 Å². The molecule has 1 saturated heterocycles. The molecule has 8 atom stereocenters. The van der Waals surface area contributed by atoms with Crippen LogP contribution in [0.25, 0.3) is 0 Å². The lowest BCUT2D eigenvalue weighted by Gasteiger charge is -2.61. The predicted molar refractivity (Wildman–Crippen MR) is 167 cm³/mol. The fourth-order valence-electron chi connectivity index (χ4n) is 9.34. The lowest BCUT2D eigenvalue weighted by Crippen LogP contribution is -2.56. The van der Waals surface area contributed by atoms with Gasteiger partial charge in [0.05, 0.1) is 0 Å². The van der Waals surface area contributed by atoms with Gasteiger partial charge in [0, 0.05) is 31.0 Å². The van der Waals surface area contributed by atoms with Gasteiger partial charge in [-0.1, -0.05) is 94.1 Å². The van der Waals surface area contributed by atoms with E-state index in [1.165, 1.54) is 63.5 Å². The zero-order chi connectivity index (χ0) is 29.5. The standard InChI is InChI=1S/C30H51NO.C4H8O.C2H6/c1-8-10-22-19-26-30(6,18-16-27(32)31(26)7)25-15-17-29(5)23(13-14-24(29)28(22)25)21(4)12-9-11-20(2)3;1-3-4(2)5;1-2/h19-25,28H,8-18H2,1-7H3;3H2,1-2H3;1-2H3/t21?,22?,23?,24?,25?,28?,29-,30-;;/m1../s1. The Morgan fingerprint density at radius 2 is 1.67 bits per heavy atom. The van der Waals surface area contributed by atoms with E-state index in [1.807, 2.05) is 32.7 Å². The summed E-state index contributed by atoms with van der Waals surface area (Å²) in [5.41, 5.74) is 2.12. The number of carbonyl (C=O) groups is 2. The molecule has 3 aliphatic carbocycles. The molecule has 3 fully saturated rings. The molecule has 0 aromatic heterocycles. The highest BCUT2D eigenvalue weighted by molar-refractivity contribution is 5.79. The summed E-state index contributed by atoms with van der Waals surface area (Å²) < 4.78 is 0. The third-order valence-electron chi connectivity index (χ3n) is 11.5. The quantitative estimate of drug-likeness (QED) is 0.305. The molecule has 6 unspecified atom stereocenters. The maximum Gasteiger partial charge on any atom is 0.226 e. The molecule has 226 valence electrons. The first-order valence-electron chi connectivity index (χ1n) is 16.9. The van der Waals surface area contributed by atoms with Crippen LogP contribution in [0.1, 0.15) is 146 Å². The number of fused-ring (bicyclic) bond motifs is 5. The molecule has 3 heteroatoms. The Bertz CT molecular complexity index is 830. The van der Waals surface area contributed by atoms with Gasteiger partial charge in [0.2, 0.25) is 5.91 Å². The minimum absolute atomic E-state index is 0.208. The highest BCUT2D eigenvalue weighted by Gasteiger charge is 2.61. The molecule has 3 nitrogen and oxygen atoms in total. The number of piperidine rings is 1. The lowest BCUT2D eigenvalue weighted by atomic mass is 9.46. The molecule has 0 N–H and O–H groups in total. The molecule has 1 amide bonds. The van der Waals surface area contributed by atoms with Crippen LogP contribution >= 0.6 is 0 Å². The van der Waals surface area contributed by atoms with Crippen LogP contribution in [0, 0.1) is 52.3 Å². The van der Waals surface area contributed by atoms with Crippen molar-refractivity contribution in [2.45, 2.75) is 146 Å². The minimum Gasteiger partial charge on any atom is -0.319 e. The molecule has 0 spiro atoms. The maximum atomic E-state index is 12.6. The number of ketones is 1.